The number of aromatic nitrogens is 5. The summed E-state index contributed by atoms with van der Waals surface area (Å²) in [6.07, 6.45) is 3.72. The number of fused-ring (bicyclic) bond motifs is 9. The molecule has 0 aliphatic heterocycles. The largest absolute Gasteiger partial charge is 0.309 e. The van der Waals surface area contributed by atoms with Crippen LogP contribution in [0, 0.1) is 0 Å². The van der Waals surface area contributed by atoms with Crippen LogP contribution in [-0.2, 0) is 0 Å². The first-order valence-electron chi connectivity index (χ1n) is 19.1. The lowest BCUT2D eigenvalue weighted by atomic mass is 9.99. The molecule has 0 radical (unpaired) electrons. The van der Waals surface area contributed by atoms with E-state index in [2.05, 4.69) is 190 Å². The second-order valence-electron chi connectivity index (χ2n) is 14.5. The molecule has 12 aromatic rings. The first kappa shape index (κ1) is 31.9. The van der Waals surface area contributed by atoms with Crippen molar-refractivity contribution in [3.05, 3.63) is 188 Å². The van der Waals surface area contributed by atoms with Gasteiger partial charge in [-0.05, 0) is 76.0 Å². The SMILES string of the molecule is c1ccc(-c2cc3nc(-n4c5ccc(-c6ccc7c8ccccc8n(-c8ccncc8)c7c6)cc5c5c6ccccc6ccc54)nc(-c4ccccc4)c3s2)cc1. The predicted octanol–water partition coefficient (Wildman–Crippen LogP) is 13.4. The maximum atomic E-state index is 5.43. The fourth-order valence-corrected chi connectivity index (χ4v) is 9.77. The van der Waals surface area contributed by atoms with Crippen LogP contribution < -0.4 is 0 Å². The lowest BCUT2D eigenvalue weighted by Crippen LogP contribution is -2.02. The lowest BCUT2D eigenvalue weighted by Gasteiger charge is -2.10. The summed E-state index contributed by atoms with van der Waals surface area (Å²) in [4.78, 5) is 16.3. The molecular formula is C51H31N5S. The molecule has 0 aliphatic carbocycles. The molecule has 7 aromatic carbocycles. The molecule has 5 aromatic heterocycles. The number of rotatable bonds is 5. The minimum absolute atomic E-state index is 0.657. The molecule has 6 heteroatoms. The Bertz CT molecular complexity index is 3510. The maximum Gasteiger partial charge on any atom is 0.235 e. The average Bonchev–Trinajstić information content (AvgIpc) is 3.97. The highest BCUT2D eigenvalue weighted by molar-refractivity contribution is 7.22. The van der Waals surface area contributed by atoms with Crippen molar-refractivity contribution in [3.8, 4) is 44.5 Å². The van der Waals surface area contributed by atoms with Gasteiger partial charge in [0.25, 0.3) is 0 Å². The van der Waals surface area contributed by atoms with E-state index >= 15 is 0 Å². The lowest BCUT2D eigenvalue weighted by molar-refractivity contribution is 1.02. The molecule has 0 atom stereocenters. The summed E-state index contributed by atoms with van der Waals surface area (Å²) in [5, 5.41) is 7.21. The van der Waals surface area contributed by atoms with Crippen molar-refractivity contribution in [2.75, 3.05) is 0 Å². The van der Waals surface area contributed by atoms with Crippen molar-refractivity contribution in [3.63, 3.8) is 0 Å². The monoisotopic (exact) mass is 745 g/mol. The van der Waals surface area contributed by atoms with Gasteiger partial charge in [0.05, 0.1) is 38.0 Å². The van der Waals surface area contributed by atoms with Crippen molar-refractivity contribution >= 4 is 75.9 Å². The van der Waals surface area contributed by atoms with E-state index in [4.69, 9.17) is 9.97 Å². The Morgan fingerprint density at radius 1 is 0.421 bits per heavy atom. The molecule has 5 heterocycles. The highest BCUT2D eigenvalue weighted by Gasteiger charge is 2.21. The highest BCUT2D eigenvalue weighted by Crippen LogP contribution is 2.42. The van der Waals surface area contributed by atoms with Gasteiger partial charge in [-0.2, -0.15) is 0 Å². The minimum Gasteiger partial charge on any atom is -0.309 e. The van der Waals surface area contributed by atoms with E-state index in [1.807, 2.05) is 12.4 Å². The number of para-hydroxylation sites is 1. The van der Waals surface area contributed by atoms with Crippen LogP contribution in [0.4, 0.5) is 0 Å². The summed E-state index contributed by atoms with van der Waals surface area (Å²) < 4.78 is 5.69. The van der Waals surface area contributed by atoms with Gasteiger partial charge in [0.2, 0.25) is 5.95 Å². The van der Waals surface area contributed by atoms with Crippen LogP contribution in [-0.4, -0.2) is 24.1 Å². The third-order valence-corrected chi connectivity index (χ3v) is 12.4. The summed E-state index contributed by atoms with van der Waals surface area (Å²) >= 11 is 1.75. The second-order valence-corrected chi connectivity index (χ2v) is 15.5. The van der Waals surface area contributed by atoms with Gasteiger partial charge < -0.3 is 4.57 Å². The van der Waals surface area contributed by atoms with E-state index < -0.39 is 0 Å². The van der Waals surface area contributed by atoms with Gasteiger partial charge in [-0.25, -0.2) is 9.97 Å². The van der Waals surface area contributed by atoms with E-state index in [9.17, 15) is 0 Å². The van der Waals surface area contributed by atoms with Gasteiger partial charge in [0.1, 0.15) is 0 Å². The Balaban J connectivity index is 1.12. The first-order valence-corrected chi connectivity index (χ1v) is 19.9. The number of benzene rings is 7. The zero-order chi connectivity index (χ0) is 37.5. The van der Waals surface area contributed by atoms with Crippen molar-refractivity contribution in [2.24, 2.45) is 0 Å². The molecule has 57 heavy (non-hydrogen) atoms. The first-order chi connectivity index (χ1) is 28.3. The van der Waals surface area contributed by atoms with E-state index in [1.165, 1.54) is 42.9 Å². The number of pyridine rings is 1. The van der Waals surface area contributed by atoms with Gasteiger partial charge in [-0.3, -0.25) is 9.55 Å². The Hall–Kier alpha value is -7.41. The standard InChI is InChI=1S/C51H31N5S/c1-3-12-33(13-4-1)47-31-42-50(57-47)49(34-14-5-2-6-15-34)54-51(53-42)56-44-23-21-35(29-41(44)48-38-16-8-7-11-32(38)20-24-45(48)56)36-19-22-40-39-17-9-10-18-43(39)55(46(40)30-36)37-25-27-52-28-26-37/h1-31H. The molecule has 0 unspecified atom stereocenters. The van der Waals surface area contributed by atoms with Gasteiger partial charge in [-0.1, -0.05) is 127 Å². The molecule has 0 saturated heterocycles. The molecule has 0 saturated carbocycles. The van der Waals surface area contributed by atoms with Crippen molar-refractivity contribution in [1.82, 2.24) is 24.1 Å². The van der Waals surface area contributed by atoms with Crippen LogP contribution in [0.3, 0.4) is 0 Å². The van der Waals surface area contributed by atoms with Crippen LogP contribution in [0.15, 0.2) is 188 Å². The van der Waals surface area contributed by atoms with Crippen LogP contribution in [0.5, 0.6) is 0 Å². The Kier molecular flexibility index (Phi) is 7.03. The maximum absolute atomic E-state index is 5.43. The Morgan fingerprint density at radius 2 is 1.09 bits per heavy atom. The van der Waals surface area contributed by atoms with E-state index in [-0.39, 0.29) is 0 Å². The van der Waals surface area contributed by atoms with Gasteiger partial charge in [0.15, 0.2) is 0 Å². The van der Waals surface area contributed by atoms with Crippen LogP contribution in [0.1, 0.15) is 0 Å². The van der Waals surface area contributed by atoms with Crippen LogP contribution in [0.2, 0.25) is 0 Å². The predicted molar refractivity (Wildman–Crippen MR) is 238 cm³/mol. The summed E-state index contributed by atoms with van der Waals surface area (Å²) in [5.74, 6) is 0.657. The normalized spacial score (nSPS) is 11.9. The van der Waals surface area contributed by atoms with Crippen LogP contribution in [0.25, 0.3) is 109 Å². The summed E-state index contributed by atoms with van der Waals surface area (Å²) in [6.45, 7) is 0. The summed E-state index contributed by atoms with van der Waals surface area (Å²) in [5.41, 5.74) is 12.0. The highest BCUT2D eigenvalue weighted by atomic mass is 32.1. The molecular weight excluding hydrogens is 715 g/mol. The summed E-state index contributed by atoms with van der Waals surface area (Å²) in [6, 6.07) is 62.9. The van der Waals surface area contributed by atoms with E-state index in [0.29, 0.717) is 5.95 Å². The number of nitrogens with zero attached hydrogens (tertiary/aromatic N) is 5. The molecule has 266 valence electrons. The molecule has 0 fully saturated rings. The van der Waals surface area contributed by atoms with E-state index in [1.54, 1.807) is 11.3 Å². The summed E-state index contributed by atoms with van der Waals surface area (Å²) in [7, 11) is 0. The molecule has 0 amide bonds. The molecule has 0 spiro atoms. The fourth-order valence-electron chi connectivity index (χ4n) is 8.66. The molecule has 0 N–H and O–H groups in total. The molecule has 0 aliphatic rings. The number of hydrogen-bond acceptors (Lipinski definition) is 4. The fraction of sp³-hybridized carbons (Fsp3) is 0. The van der Waals surface area contributed by atoms with Gasteiger partial charge in [0, 0.05) is 50.1 Å². The second kappa shape index (κ2) is 12.6. The van der Waals surface area contributed by atoms with Crippen molar-refractivity contribution in [1.29, 1.82) is 0 Å². The third kappa shape index (κ3) is 4.98. The average molecular weight is 746 g/mol. The van der Waals surface area contributed by atoms with Gasteiger partial charge in [-0.15, -0.1) is 11.3 Å². The topological polar surface area (TPSA) is 48.5 Å². The minimum atomic E-state index is 0.657. The zero-order valence-electron chi connectivity index (χ0n) is 30.5. The van der Waals surface area contributed by atoms with Crippen molar-refractivity contribution < 1.29 is 0 Å². The Morgan fingerprint density at radius 3 is 1.93 bits per heavy atom. The van der Waals surface area contributed by atoms with E-state index in [0.717, 1.165) is 60.2 Å². The van der Waals surface area contributed by atoms with Crippen LogP contribution >= 0.6 is 11.3 Å². The third-order valence-electron chi connectivity index (χ3n) is 11.2. The molecule has 0 bridgehead atoms. The Labute approximate surface area is 331 Å². The number of hydrogen-bond donors (Lipinski definition) is 0. The molecule has 5 nitrogen and oxygen atoms in total. The zero-order valence-corrected chi connectivity index (χ0v) is 31.4. The van der Waals surface area contributed by atoms with Gasteiger partial charge >= 0.3 is 0 Å². The molecule has 12 rings (SSSR count). The van der Waals surface area contributed by atoms with Crippen molar-refractivity contribution in [2.45, 2.75) is 0 Å². The number of thiophene rings is 1. The smallest absolute Gasteiger partial charge is 0.235 e. The quantitative estimate of drug-likeness (QED) is 0.176.